The van der Waals surface area contributed by atoms with E-state index >= 15 is 0 Å². The number of hydrogen-bond donors (Lipinski definition) is 0. The second-order valence-electron chi connectivity index (χ2n) is 2.97. The summed E-state index contributed by atoms with van der Waals surface area (Å²) in [4.78, 5) is 0. The highest BCUT2D eigenvalue weighted by molar-refractivity contribution is 9.10. The molecule has 1 aromatic carbocycles. The summed E-state index contributed by atoms with van der Waals surface area (Å²) < 4.78 is 19.1. The van der Waals surface area contributed by atoms with E-state index in [2.05, 4.69) is 22.9 Å². The number of halogens is 2. The summed E-state index contributed by atoms with van der Waals surface area (Å²) in [7, 11) is 0. The molecule has 0 unspecified atom stereocenters. The van der Waals surface area contributed by atoms with Gasteiger partial charge in [-0.1, -0.05) is 6.92 Å². The molecule has 0 aliphatic rings. The van der Waals surface area contributed by atoms with E-state index in [9.17, 15) is 4.39 Å². The van der Waals surface area contributed by atoms with Crippen LogP contribution in [0.1, 0.15) is 13.3 Å². The molecule has 1 aromatic rings. The molecule has 0 amide bonds. The minimum Gasteiger partial charge on any atom is -0.492 e. The van der Waals surface area contributed by atoms with Gasteiger partial charge in [-0.05, 0) is 46.0 Å². The number of ether oxygens (including phenoxy) is 1. The first-order valence-electron chi connectivity index (χ1n) is 4.89. The van der Waals surface area contributed by atoms with Crippen molar-refractivity contribution < 1.29 is 9.13 Å². The molecule has 0 fully saturated rings. The first kappa shape index (κ1) is 12.8. The van der Waals surface area contributed by atoms with E-state index in [1.165, 1.54) is 12.1 Å². The van der Waals surface area contributed by atoms with E-state index in [1.54, 1.807) is 6.07 Å². The Kier molecular flexibility index (Phi) is 6.10. The zero-order valence-corrected chi connectivity index (χ0v) is 11.0. The van der Waals surface area contributed by atoms with Gasteiger partial charge in [0.1, 0.15) is 11.6 Å². The fourth-order valence-electron chi connectivity index (χ4n) is 1.08. The topological polar surface area (TPSA) is 9.23 Å². The molecule has 0 bridgehead atoms. The molecule has 0 aliphatic heterocycles. The van der Waals surface area contributed by atoms with Gasteiger partial charge in [0.25, 0.3) is 0 Å². The van der Waals surface area contributed by atoms with Crippen molar-refractivity contribution in [3.05, 3.63) is 28.5 Å². The average Bonchev–Trinajstić information content (AvgIpc) is 2.23. The lowest BCUT2D eigenvalue weighted by Gasteiger charge is -2.07. The van der Waals surface area contributed by atoms with Gasteiger partial charge in [-0.15, -0.1) is 0 Å². The van der Waals surface area contributed by atoms with Crippen LogP contribution in [0.3, 0.4) is 0 Å². The zero-order chi connectivity index (χ0) is 11.1. The Morgan fingerprint density at radius 1 is 1.47 bits per heavy atom. The highest BCUT2D eigenvalue weighted by atomic mass is 79.9. The fraction of sp³-hybridized carbons (Fsp3) is 0.455. The van der Waals surface area contributed by atoms with Crippen molar-refractivity contribution in [2.45, 2.75) is 13.3 Å². The molecule has 0 saturated carbocycles. The third-order valence-corrected chi connectivity index (χ3v) is 3.43. The van der Waals surface area contributed by atoms with Crippen LogP contribution >= 0.6 is 27.7 Å². The Balaban J connectivity index is 2.33. The van der Waals surface area contributed by atoms with Gasteiger partial charge in [-0.2, -0.15) is 11.8 Å². The Hall–Kier alpha value is -0.220. The summed E-state index contributed by atoms with van der Waals surface area (Å²) in [6.07, 6.45) is 0.988. The molecule has 0 saturated heterocycles. The van der Waals surface area contributed by atoms with Gasteiger partial charge >= 0.3 is 0 Å². The molecule has 0 aromatic heterocycles. The number of thioether (sulfide) groups is 1. The third-order valence-electron chi connectivity index (χ3n) is 1.79. The lowest BCUT2D eigenvalue weighted by molar-refractivity contribution is 0.315. The van der Waals surface area contributed by atoms with Crippen LogP contribution in [0.15, 0.2) is 22.7 Å². The number of hydrogen-bond acceptors (Lipinski definition) is 2. The molecule has 1 rings (SSSR count). The van der Waals surface area contributed by atoms with Gasteiger partial charge in [0.05, 0.1) is 11.1 Å². The zero-order valence-electron chi connectivity index (χ0n) is 8.63. The van der Waals surface area contributed by atoms with Crippen LogP contribution in [-0.4, -0.2) is 18.1 Å². The molecule has 0 N–H and O–H groups in total. The van der Waals surface area contributed by atoms with Crippen LogP contribution in [0.2, 0.25) is 0 Å². The largest absolute Gasteiger partial charge is 0.492 e. The van der Waals surface area contributed by atoms with Gasteiger partial charge in [0.2, 0.25) is 0 Å². The summed E-state index contributed by atoms with van der Waals surface area (Å²) in [6.45, 7) is 2.77. The third kappa shape index (κ3) is 4.89. The van der Waals surface area contributed by atoms with E-state index in [0.29, 0.717) is 12.4 Å². The highest BCUT2D eigenvalue weighted by Crippen LogP contribution is 2.25. The molecule has 0 radical (unpaired) electrons. The Labute approximate surface area is 103 Å². The maximum atomic E-state index is 12.9. The monoisotopic (exact) mass is 292 g/mol. The van der Waals surface area contributed by atoms with Crippen LogP contribution in [0, 0.1) is 5.82 Å². The molecule has 0 heterocycles. The van der Waals surface area contributed by atoms with Crippen LogP contribution in [0.25, 0.3) is 0 Å². The van der Waals surface area contributed by atoms with Crippen LogP contribution in [0.4, 0.5) is 4.39 Å². The Morgan fingerprint density at radius 3 is 3.00 bits per heavy atom. The second-order valence-corrected chi connectivity index (χ2v) is 5.22. The Morgan fingerprint density at radius 2 is 2.27 bits per heavy atom. The standard InChI is InChI=1S/C11H14BrFOS/c1-2-15-7-3-6-14-11-8-9(13)4-5-10(11)12/h4-5,8H,2-3,6-7H2,1H3. The molecule has 15 heavy (non-hydrogen) atoms. The van der Waals surface area contributed by atoms with Crippen LogP contribution in [-0.2, 0) is 0 Å². The highest BCUT2D eigenvalue weighted by Gasteiger charge is 2.02. The van der Waals surface area contributed by atoms with Gasteiger partial charge in [-0.3, -0.25) is 0 Å². The van der Waals surface area contributed by atoms with Crippen molar-refractivity contribution in [3.8, 4) is 5.75 Å². The number of rotatable bonds is 6. The molecular weight excluding hydrogens is 279 g/mol. The van der Waals surface area contributed by atoms with E-state index < -0.39 is 0 Å². The maximum absolute atomic E-state index is 12.9. The lowest BCUT2D eigenvalue weighted by atomic mass is 10.3. The van der Waals surface area contributed by atoms with Crippen LogP contribution < -0.4 is 4.74 Å². The maximum Gasteiger partial charge on any atom is 0.136 e. The summed E-state index contributed by atoms with van der Waals surface area (Å²) in [5.41, 5.74) is 0. The molecule has 4 heteroatoms. The van der Waals surface area contributed by atoms with Crippen molar-refractivity contribution in [3.63, 3.8) is 0 Å². The van der Waals surface area contributed by atoms with Crippen molar-refractivity contribution in [1.82, 2.24) is 0 Å². The average molecular weight is 293 g/mol. The minimum atomic E-state index is -0.267. The predicted molar refractivity (Wildman–Crippen MR) is 67.2 cm³/mol. The summed E-state index contributed by atoms with van der Waals surface area (Å²) in [5, 5.41) is 0. The first-order chi connectivity index (χ1) is 7.24. The van der Waals surface area contributed by atoms with Gasteiger partial charge in [-0.25, -0.2) is 4.39 Å². The summed E-state index contributed by atoms with van der Waals surface area (Å²) in [6, 6.07) is 4.46. The SMILES string of the molecule is CCSCCCOc1cc(F)ccc1Br. The molecular formula is C11H14BrFOS. The second kappa shape index (κ2) is 7.12. The van der Waals surface area contributed by atoms with Crippen molar-refractivity contribution >= 4 is 27.7 Å². The van der Waals surface area contributed by atoms with E-state index in [1.807, 2.05) is 11.8 Å². The van der Waals surface area contributed by atoms with E-state index in [-0.39, 0.29) is 5.82 Å². The van der Waals surface area contributed by atoms with Crippen molar-refractivity contribution in [1.29, 1.82) is 0 Å². The quantitative estimate of drug-likeness (QED) is 0.730. The van der Waals surface area contributed by atoms with Gasteiger partial charge in [0.15, 0.2) is 0 Å². The van der Waals surface area contributed by atoms with Crippen molar-refractivity contribution in [2.24, 2.45) is 0 Å². The fourth-order valence-corrected chi connectivity index (χ4v) is 2.05. The molecule has 0 atom stereocenters. The minimum absolute atomic E-state index is 0.267. The van der Waals surface area contributed by atoms with Crippen molar-refractivity contribution in [2.75, 3.05) is 18.1 Å². The van der Waals surface area contributed by atoms with E-state index in [0.717, 1.165) is 22.4 Å². The summed E-state index contributed by atoms with van der Waals surface area (Å²) >= 11 is 5.20. The van der Waals surface area contributed by atoms with Crippen LogP contribution in [0.5, 0.6) is 5.75 Å². The van der Waals surface area contributed by atoms with Gasteiger partial charge in [0, 0.05) is 6.07 Å². The Bertz CT molecular complexity index is 307. The van der Waals surface area contributed by atoms with E-state index in [4.69, 9.17) is 4.74 Å². The smallest absolute Gasteiger partial charge is 0.136 e. The predicted octanol–water partition coefficient (Wildman–Crippen LogP) is 4.11. The molecule has 0 spiro atoms. The first-order valence-corrected chi connectivity index (χ1v) is 6.84. The molecule has 1 nitrogen and oxygen atoms in total. The lowest BCUT2D eigenvalue weighted by Crippen LogP contribution is -1.99. The number of benzene rings is 1. The molecule has 84 valence electrons. The molecule has 0 aliphatic carbocycles. The van der Waals surface area contributed by atoms with Gasteiger partial charge < -0.3 is 4.74 Å². The summed E-state index contributed by atoms with van der Waals surface area (Å²) in [5.74, 6) is 2.53. The normalized spacial score (nSPS) is 10.3.